The molecule has 0 aliphatic heterocycles. The van der Waals surface area contributed by atoms with E-state index in [1.807, 2.05) is 12.1 Å². The number of primary amides is 1. The molecule has 7 nitrogen and oxygen atoms in total. The van der Waals surface area contributed by atoms with Crippen molar-refractivity contribution in [3.8, 4) is 0 Å². The summed E-state index contributed by atoms with van der Waals surface area (Å²) in [4.78, 5) is 24.0. The molecule has 1 aliphatic carbocycles. The number of carbonyl (C=O) groups is 2. The van der Waals surface area contributed by atoms with E-state index in [-0.39, 0.29) is 23.8 Å². The maximum Gasteiger partial charge on any atom is 0.254 e. The number of amides is 2. The second-order valence-corrected chi connectivity index (χ2v) is 7.87. The molecule has 1 aliphatic rings. The van der Waals surface area contributed by atoms with Crippen molar-refractivity contribution in [2.75, 3.05) is 11.1 Å². The van der Waals surface area contributed by atoms with Gasteiger partial charge in [-0.1, -0.05) is 30.8 Å². The number of halogens is 1. The third-order valence-electron chi connectivity index (χ3n) is 5.83. The first-order valence-corrected chi connectivity index (χ1v) is 10.3. The first-order chi connectivity index (χ1) is 15.4. The standard InChI is InChI=1S/C24H24FN5O2/c1-2-20(31)28-19-10-9-18(25)12-17(19)13-30-23(26)21(24(27)32)22(29-30)16-8-7-14-5-3-4-6-15(14)11-16/h2-6,9-10,12,16H,1,7-8,11,13,26H2,(H2,27,32)(H,28,31). The van der Waals surface area contributed by atoms with Crippen LogP contribution in [0.15, 0.2) is 55.1 Å². The maximum absolute atomic E-state index is 13.9. The molecule has 0 spiro atoms. The highest BCUT2D eigenvalue weighted by Crippen LogP contribution is 2.35. The van der Waals surface area contributed by atoms with E-state index in [1.165, 1.54) is 34.0 Å². The average Bonchev–Trinajstić information content (AvgIpc) is 3.11. The molecule has 5 N–H and O–H groups in total. The van der Waals surface area contributed by atoms with Gasteiger partial charge in [-0.05, 0) is 54.7 Å². The number of nitrogens with zero attached hydrogens (tertiary/aromatic N) is 2. The Labute approximate surface area is 184 Å². The third kappa shape index (κ3) is 4.12. The van der Waals surface area contributed by atoms with Crippen LogP contribution in [0, 0.1) is 5.82 Å². The molecule has 1 aromatic heterocycles. The van der Waals surface area contributed by atoms with Crippen LogP contribution in [-0.4, -0.2) is 21.6 Å². The number of nitrogens with one attached hydrogen (secondary N) is 1. The second-order valence-electron chi connectivity index (χ2n) is 7.87. The van der Waals surface area contributed by atoms with E-state index in [1.54, 1.807) is 0 Å². The Morgan fingerprint density at radius 2 is 2.00 bits per heavy atom. The Hall–Kier alpha value is -3.94. The maximum atomic E-state index is 13.9. The average molecular weight is 433 g/mol. The van der Waals surface area contributed by atoms with Gasteiger partial charge in [-0.25, -0.2) is 9.07 Å². The minimum absolute atomic E-state index is 0.0107. The Kier molecular flexibility index (Phi) is 5.77. The first kappa shape index (κ1) is 21.3. The summed E-state index contributed by atoms with van der Waals surface area (Å²) in [5, 5.41) is 7.28. The van der Waals surface area contributed by atoms with Gasteiger partial charge in [-0.15, -0.1) is 0 Å². The van der Waals surface area contributed by atoms with Crippen molar-refractivity contribution in [1.29, 1.82) is 0 Å². The SMILES string of the molecule is C=CC(=O)Nc1ccc(F)cc1Cn1nc(C2CCc3ccccc3C2)c(C(N)=O)c1N. The fraction of sp³-hybridized carbons (Fsp3) is 0.208. The molecule has 0 radical (unpaired) electrons. The Morgan fingerprint density at radius 3 is 2.72 bits per heavy atom. The van der Waals surface area contributed by atoms with Crippen molar-refractivity contribution in [2.45, 2.75) is 31.7 Å². The quantitative estimate of drug-likeness (QED) is 0.518. The molecule has 3 aromatic rings. The fourth-order valence-electron chi connectivity index (χ4n) is 4.24. The summed E-state index contributed by atoms with van der Waals surface area (Å²) in [6.07, 6.45) is 3.54. The monoisotopic (exact) mass is 433 g/mol. The number of aryl methyl sites for hydroxylation is 1. The smallest absolute Gasteiger partial charge is 0.254 e. The summed E-state index contributed by atoms with van der Waals surface area (Å²) in [5.74, 6) is -1.44. The minimum Gasteiger partial charge on any atom is -0.383 e. The highest BCUT2D eigenvalue weighted by atomic mass is 19.1. The zero-order chi connectivity index (χ0) is 22.8. The number of hydrogen-bond donors (Lipinski definition) is 3. The summed E-state index contributed by atoms with van der Waals surface area (Å²) in [6, 6.07) is 12.2. The summed E-state index contributed by atoms with van der Waals surface area (Å²) in [7, 11) is 0. The van der Waals surface area contributed by atoms with E-state index in [0.29, 0.717) is 16.9 Å². The van der Waals surface area contributed by atoms with Gasteiger partial charge in [0.1, 0.15) is 17.2 Å². The van der Waals surface area contributed by atoms with E-state index >= 15 is 0 Å². The largest absolute Gasteiger partial charge is 0.383 e. The van der Waals surface area contributed by atoms with Crippen LogP contribution < -0.4 is 16.8 Å². The van der Waals surface area contributed by atoms with E-state index in [4.69, 9.17) is 11.5 Å². The lowest BCUT2D eigenvalue weighted by Crippen LogP contribution is -2.19. The van der Waals surface area contributed by atoms with Gasteiger partial charge in [0.25, 0.3) is 5.91 Å². The molecule has 2 aromatic carbocycles. The van der Waals surface area contributed by atoms with Gasteiger partial charge < -0.3 is 16.8 Å². The van der Waals surface area contributed by atoms with Crippen LogP contribution in [0.1, 0.15) is 45.1 Å². The van der Waals surface area contributed by atoms with Gasteiger partial charge in [0, 0.05) is 17.2 Å². The Morgan fingerprint density at radius 1 is 1.25 bits per heavy atom. The normalized spacial score (nSPS) is 15.1. The first-order valence-electron chi connectivity index (χ1n) is 10.3. The summed E-state index contributed by atoms with van der Waals surface area (Å²) < 4.78 is 15.4. The van der Waals surface area contributed by atoms with Crippen LogP contribution in [0.2, 0.25) is 0 Å². The lowest BCUT2D eigenvalue weighted by molar-refractivity contribution is -0.111. The zero-order valence-electron chi connectivity index (χ0n) is 17.5. The fourth-order valence-corrected chi connectivity index (χ4v) is 4.24. The molecule has 1 atom stereocenters. The molecule has 0 saturated carbocycles. The van der Waals surface area contributed by atoms with Gasteiger partial charge in [0.05, 0.1) is 12.2 Å². The van der Waals surface area contributed by atoms with Gasteiger partial charge in [-0.2, -0.15) is 5.10 Å². The molecular weight excluding hydrogens is 409 g/mol. The predicted molar refractivity (Wildman–Crippen MR) is 121 cm³/mol. The van der Waals surface area contributed by atoms with Crippen molar-refractivity contribution in [1.82, 2.24) is 9.78 Å². The minimum atomic E-state index is -0.651. The zero-order valence-corrected chi connectivity index (χ0v) is 17.5. The molecule has 32 heavy (non-hydrogen) atoms. The van der Waals surface area contributed by atoms with Crippen LogP contribution in [0.5, 0.6) is 0 Å². The van der Waals surface area contributed by atoms with Gasteiger partial charge >= 0.3 is 0 Å². The van der Waals surface area contributed by atoms with Crippen LogP contribution in [0.3, 0.4) is 0 Å². The van der Waals surface area contributed by atoms with Crippen molar-refractivity contribution in [3.63, 3.8) is 0 Å². The van der Waals surface area contributed by atoms with E-state index < -0.39 is 17.6 Å². The van der Waals surface area contributed by atoms with Crippen LogP contribution in [0.25, 0.3) is 0 Å². The molecule has 8 heteroatoms. The molecule has 164 valence electrons. The van der Waals surface area contributed by atoms with Crippen molar-refractivity contribution in [3.05, 3.63) is 88.9 Å². The molecule has 1 unspecified atom stereocenters. The molecule has 1 heterocycles. The Balaban J connectivity index is 1.70. The number of rotatable bonds is 6. The number of aromatic nitrogens is 2. The van der Waals surface area contributed by atoms with Crippen LogP contribution in [-0.2, 0) is 24.2 Å². The summed E-state index contributed by atoms with van der Waals surface area (Å²) in [6.45, 7) is 3.48. The molecule has 0 bridgehead atoms. The lowest BCUT2D eigenvalue weighted by Gasteiger charge is -2.23. The molecule has 0 saturated heterocycles. The van der Waals surface area contributed by atoms with Crippen LogP contribution >= 0.6 is 0 Å². The van der Waals surface area contributed by atoms with Gasteiger partial charge in [-0.3, -0.25) is 9.59 Å². The highest BCUT2D eigenvalue weighted by Gasteiger charge is 2.29. The van der Waals surface area contributed by atoms with Crippen molar-refractivity contribution >= 4 is 23.3 Å². The highest BCUT2D eigenvalue weighted by molar-refractivity contribution is 6.00. The summed E-state index contributed by atoms with van der Waals surface area (Å²) in [5.41, 5.74) is 16.0. The summed E-state index contributed by atoms with van der Waals surface area (Å²) >= 11 is 0. The predicted octanol–water partition coefficient (Wildman–Crippen LogP) is 3.15. The number of nitrogen functional groups attached to an aromatic ring is 1. The second kappa shape index (κ2) is 8.66. The van der Waals surface area contributed by atoms with E-state index in [9.17, 15) is 14.0 Å². The number of fused-ring (bicyclic) bond motifs is 1. The third-order valence-corrected chi connectivity index (χ3v) is 5.83. The number of anilines is 2. The van der Waals surface area contributed by atoms with Gasteiger partial charge in [0.2, 0.25) is 5.91 Å². The number of nitrogens with two attached hydrogens (primary N) is 2. The van der Waals surface area contributed by atoms with Crippen molar-refractivity contribution in [2.24, 2.45) is 5.73 Å². The topological polar surface area (TPSA) is 116 Å². The molecular formula is C24H24FN5O2. The molecule has 4 rings (SSSR count). The number of benzene rings is 2. The number of hydrogen-bond acceptors (Lipinski definition) is 4. The number of carbonyl (C=O) groups excluding carboxylic acids is 2. The van der Waals surface area contributed by atoms with Crippen LogP contribution in [0.4, 0.5) is 15.9 Å². The van der Waals surface area contributed by atoms with Crippen molar-refractivity contribution < 1.29 is 14.0 Å². The molecule has 2 amide bonds. The molecule has 0 fully saturated rings. The van der Waals surface area contributed by atoms with E-state index in [0.717, 1.165) is 25.3 Å². The van der Waals surface area contributed by atoms with Gasteiger partial charge in [0.15, 0.2) is 0 Å². The Bertz CT molecular complexity index is 1220. The lowest BCUT2D eigenvalue weighted by atomic mass is 9.81. The van der Waals surface area contributed by atoms with E-state index in [2.05, 4.69) is 29.1 Å².